The van der Waals surface area contributed by atoms with E-state index in [4.69, 9.17) is 0 Å². The Labute approximate surface area is 159 Å². The summed E-state index contributed by atoms with van der Waals surface area (Å²) >= 11 is 0. The van der Waals surface area contributed by atoms with Gasteiger partial charge in [0.1, 0.15) is 0 Å². The average molecular weight is 354 g/mol. The summed E-state index contributed by atoms with van der Waals surface area (Å²) in [6.45, 7) is 10.1. The lowest BCUT2D eigenvalue weighted by Gasteiger charge is -2.28. The summed E-state index contributed by atoms with van der Waals surface area (Å²) in [6.07, 6.45) is 9.32. The molecule has 1 saturated heterocycles. The van der Waals surface area contributed by atoms with Gasteiger partial charge in [0.25, 0.3) is 0 Å². The van der Waals surface area contributed by atoms with Crippen molar-refractivity contribution in [2.45, 2.75) is 65.2 Å². The lowest BCUT2D eigenvalue weighted by molar-refractivity contribution is -0.118. The highest BCUT2D eigenvalue weighted by molar-refractivity contribution is 5.99. The minimum atomic E-state index is 0.236. The Bertz CT molecular complexity index is 622. The first-order chi connectivity index (χ1) is 12.5. The second kappa shape index (κ2) is 8.99. The van der Waals surface area contributed by atoms with Gasteiger partial charge in [-0.25, -0.2) is 0 Å². The quantitative estimate of drug-likeness (QED) is 0.640. The molecule has 26 heavy (non-hydrogen) atoms. The zero-order chi connectivity index (χ0) is 18.5. The molecule has 2 heteroatoms. The molecule has 1 heterocycles. The third-order valence-corrected chi connectivity index (χ3v) is 5.98. The van der Waals surface area contributed by atoms with Gasteiger partial charge in [-0.2, -0.15) is 0 Å². The number of benzene rings is 1. The van der Waals surface area contributed by atoms with Crippen molar-refractivity contribution in [2.75, 3.05) is 19.6 Å². The van der Waals surface area contributed by atoms with Crippen LogP contribution in [0.1, 0.15) is 69.9 Å². The molecule has 1 aliphatic heterocycles. The first-order valence-electron chi connectivity index (χ1n) is 10.6. The Hall–Kier alpha value is -1.41. The van der Waals surface area contributed by atoms with Crippen molar-refractivity contribution in [3.63, 3.8) is 0 Å². The molecule has 0 N–H and O–H groups in total. The molecule has 2 unspecified atom stereocenters. The standard InChI is InChI=1S/C24H35NO/c1-18(2)15-20-7-9-21(10-8-20)19(3)16-22-11-12-23(24(22)26)17-25-13-5-4-6-14-25/h7-10,16,18-19,23H,4-6,11-15,17H2,1-3H3/b22-16+. The summed E-state index contributed by atoms with van der Waals surface area (Å²) in [6, 6.07) is 8.98. The van der Waals surface area contributed by atoms with Crippen LogP contribution in [-0.2, 0) is 11.2 Å². The normalized spacial score (nSPS) is 24.5. The molecule has 0 aromatic heterocycles. The number of ketones is 1. The fourth-order valence-electron chi connectivity index (χ4n) is 4.47. The highest BCUT2D eigenvalue weighted by atomic mass is 16.1. The van der Waals surface area contributed by atoms with E-state index in [-0.39, 0.29) is 5.92 Å². The average Bonchev–Trinajstić information content (AvgIpc) is 2.96. The number of likely N-dealkylation sites (tertiary alicyclic amines) is 1. The molecule has 0 bridgehead atoms. The SMILES string of the molecule is CC(C)Cc1ccc(C(C)/C=C2\CCC(CN3CCCCC3)C2=O)cc1. The van der Waals surface area contributed by atoms with Crippen LogP contribution in [0.3, 0.4) is 0 Å². The third-order valence-electron chi connectivity index (χ3n) is 5.98. The van der Waals surface area contributed by atoms with E-state index in [9.17, 15) is 4.79 Å². The van der Waals surface area contributed by atoms with Crippen molar-refractivity contribution in [1.29, 1.82) is 0 Å². The number of hydrogen-bond donors (Lipinski definition) is 0. The number of nitrogens with zero attached hydrogens (tertiary/aromatic N) is 1. The molecule has 2 nitrogen and oxygen atoms in total. The predicted molar refractivity (Wildman–Crippen MR) is 110 cm³/mol. The van der Waals surface area contributed by atoms with Crippen molar-refractivity contribution in [2.24, 2.45) is 11.8 Å². The molecule has 1 saturated carbocycles. The van der Waals surface area contributed by atoms with Crippen LogP contribution in [0.15, 0.2) is 35.9 Å². The van der Waals surface area contributed by atoms with E-state index < -0.39 is 0 Å². The third kappa shape index (κ3) is 5.07. The Kier molecular flexibility index (Phi) is 6.69. The van der Waals surface area contributed by atoms with E-state index in [1.165, 1.54) is 43.5 Å². The molecule has 2 atom stereocenters. The minimum absolute atomic E-state index is 0.236. The first-order valence-corrected chi connectivity index (χ1v) is 10.6. The van der Waals surface area contributed by atoms with Gasteiger partial charge in [0, 0.05) is 12.5 Å². The number of hydrogen-bond acceptors (Lipinski definition) is 2. The maximum Gasteiger partial charge on any atom is 0.162 e. The summed E-state index contributed by atoms with van der Waals surface area (Å²) in [5.74, 6) is 1.66. The summed E-state index contributed by atoms with van der Waals surface area (Å²) < 4.78 is 0. The number of rotatable bonds is 6. The van der Waals surface area contributed by atoms with E-state index in [0.717, 1.165) is 31.4 Å². The Morgan fingerprint density at radius 3 is 2.42 bits per heavy atom. The van der Waals surface area contributed by atoms with E-state index in [2.05, 4.69) is 56.0 Å². The fraction of sp³-hybridized carbons (Fsp3) is 0.625. The van der Waals surface area contributed by atoms with Crippen LogP contribution in [0.25, 0.3) is 0 Å². The van der Waals surface area contributed by atoms with E-state index in [0.29, 0.717) is 17.6 Å². The van der Waals surface area contributed by atoms with Gasteiger partial charge in [0.2, 0.25) is 0 Å². The van der Waals surface area contributed by atoms with Crippen LogP contribution in [0.2, 0.25) is 0 Å². The molecule has 1 aromatic rings. The van der Waals surface area contributed by atoms with Crippen molar-refractivity contribution < 1.29 is 4.79 Å². The van der Waals surface area contributed by atoms with Crippen LogP contribution in [0, 0.1) is 11.8 Å². The molecule has 0 radical (unpaired) electrons. The van der Waals surface area contributed by atoms with Crippen LogP contribution in [0.4, 0.5) is 0 Å². The van der Waals surface area contributed by atoms with Gasteiger partial charge in [0.15, 0.2) is 5.78 Å². The summed E-state index contributed by atoms with van der Waals surface area (Å²) in [7, 11) is 0. The predicted octanol–water partition coefficient (Wildman–Crippen LogP) is 5.38. The Balaban J connectivity index is 1.59. The van der Waals surface area contributed by atoms with Gasteiger partial charge in [-0.3, -0.25) is 4.79 Å². The maximum atomic E-state index is 12.8. The number of piperidine rings is 1. The second-order valence-electron chi connectivity index (χ2n) is 8.78. The lowest BCUT2D eigenvalue weighted by atomic mass is 9.94. The molecule has 1 aromatic carbocycles. The second-order valence-corrected chi connectivity index (χ2v) is 8.78. The van der Waals surface area contributed by atoms with Crippen molar-refractivity contribution in [3.8, 4) is 0 Å². The van der Waals surface area contributed by atoms with Crippen molar-refractivity contribution >= 4 is 5.78 Å². The van der Waals surface area contributed by atoms with Gasteiger partial charge in [-0.05, 0) is 73.7 Å². The van der Waals surface area contributed by atoms with E-state index in [1.54, 1.807) is 0 Å². The van der Waals surface area contributed by atoms with Gasteiger partial charge in [-0.1, -0.05) is 57.5 Å². The van der Waals surface area contributed by atoms with E-state index >= 15 is 0 Å². The molecular formula is C24H35NO. The minimum Gasteiger partial charge on any atom is -0.303 e. The van der Waals surface area contributed by atoms with Gasteiger partial charge in [-0.15, -0.1) is 0 Å². The fourth-order valence-corrected chi connectivity index (χ4v) is 4.47. The molecule has 142 valence electrons. The largest absolute Gasteiger partial charge is 0.303 e. The van der Waals surface area contributed by atoms with Crippen LogP contribution >= 0.6 is 0 Å². The zero-order valence-electron chi connectivity index (χ0n) is 16.8. The topological polar surface area (TPSA) is 20.3 Å². The number of carbonyl (C=O) groups is 1. The van der Waals surface area contributed by atoms with Crippen molar-refractivity contribution in [3.05, 3.63) is 47.0 Å². The summed E-state index contributed by atoms with van der Waals surface area (Å²) in [5.41, 5.74) is 3.80. The first kappa shape index (κ1) is 19.4. The molecule has 3 rings (SSSR count). The van der Waals surface area contributed by atoms with Crippen molar-refractivity contribution in [1.82, 2.24) is 4.90 Å². The number of allylic oxidation sites excluding steroid dienone is 2. The highest BCUT2D eigenvalue weighted by Crippen LogP contribution is 2.31. The molecule has 0 spiro atoms. The van der Waals surface area contributed by atoms with Gasteiger partial charge >= 0.3 is 0 Å². The molecule has 2 fully saturated rings. The van der Waals surface area contributed by atoms with Crippen LogP contribution in [-0.4, -0.2) is 30.3 Å². The highest BCUT2D eigenvalue weighted by Gasteiger charge is 2.31. The lowest BCUT2D eigenvalue weighted by Crippen LogP contribution is -2.35. The summed E-state index contributed by atoms with van der Waals surface area (Å²) in [4.78, 5) is 15.3. The van der Waals surface area contributed by atoms with Crippen LogP contribution < -0.4 is 0 Å². The van der Waals surface area contributed by atoms with Gasteiger partial charge in [0.05, 0.1) is 0 Å². The van der Waals surface area contributed by atoms with Gasteiger partial charge < -0.3 is 4.90 Å². The number of Topliss-reactive ketones (excluding diaryl/α,β-unsaturated/α-hetero) is 1. The summed E-state index contributed by atoms with van der Waals surface area (Å²) in [5, 5.41) is 0. The number of carbonyl (C=O) groups excluding carboxylic acids is 1. The maximum absolute atomic E-state index is 12.8. The monoisotopic (exact) mass is 353 g/mol. The molecule has 0 amide bonds. The molecule has 1 aliphatic carbocycles. The smallest absolute Gasteiger partial charge is 0.162 e. The molecule has 2 aliphatic rings. The van der Waals surface area contributed by atoms with E-state index in [1.807, 2.05) is 0 Å². The zero-order valence-corrected chi connectivity index (χ0v) is 16.8. The molecular weight excluding hydrogens is 318 g/mol. The van der Waals surface area contributed by atoms with Crippen LogP contribution in [0.5, 0.6) is 0 Å². The Morgan fingerprint density at radius 1 is 1.08 bits per heavy atom. The Morgan fingerprint density at radius 2 is 1.77 bits per heavy atom.